The fourth-order valence-corrected chi connectivity index (χ4v) is 3.09. The molecule has 0 fully saturated rings. The summed E-state index contributed by atoms with van der Waals surface area (Å²) in [6, 6.07) is 8.29. The van der Waals surface area contributed by atoms with Crippen LogP contribution in [0.15, 0.2) is 18.2 Å². The van der Waals surface area contributed by atoms with E-state index in [9.17, 15) is 5.26 Å². The van der Waals surface area contributed by atoms with Crippen LogP contribution in [0.3, 0.4) is 0 Å². The molecule has 0 spiro atoms. The number of rotatable bonds is 8. The Bertz CT molecular complexity index is 840. The topological polar surface area (TPSA) is 76.0 Å². The Kier molecular flexibility index (Phi) is 7.77. The molecule has 0 bridgehead atoms. The van der Waals surface area contributed by atoms with Crippen LogP contribution in [-0.2, 0) is 0 Å². The van der Waals surface area contributed by atoms with Crippen LogP contribution in [0.5, 0.6) is 0 Å². The van der Waals surface area contributed by atoms with Crippen molar-refractivity contribution in [2.45, 2.75) is 20.3 Å². The lowest BCUT2D eigenvalue weighted by atomic mass is 10.1. The number of pyridine rings is 1. The molecular formula is C20H28N6S. The first-order valence-electron chi connectivity index (χ1n) is 9.13. The van der Waals surface area contributed by atoms with Gasteiger partial charge in [-0.2, -0.15) is 5.26 Å². The fourth-order valence-electron chi connectivity index (χ4n) is 2.89. The van der Waals surface area contributed by atoms with Crippen LogP contribution in [-0.4, -0.2) is 55.3 Å². The molecule has 0 unspecified atom stereocenters. The van der Waals surface area contributed by atoms with Gasteiger partial charge in [-0.05, 0) is 70.8 Å². The first-order chi connectivity index (χ1) is 12.9. The van der Waals surface area contributed by atoms with E-state index < -0.39 is 0 Å². The lowest BCUT2D eigenvalue weighted by Gasteiger charge is -2.14. The third kappa shape index (κ3) is 6.35. The average molecular weight is 385 g/mol. The van der Waals surface area contributed by atoms with Crippen molar-refractivity contribution in [2.24, 2.45) is 0 Å². The second-order valence-electron chi connectivity index (χ2n) is 6.92. The number of benzene rings is 1. The summed E-state index contributed by atoms with van der Waals surface area (Å²) in [7, 11) is 4.11. The predicted octanol–water partition coefficient (Wildman–Crippen LogP) is 2.55. The molecule has 0 aliphatic rings. The number of nitrogens with zero attached hydrogens (tertiary/aromatic N) is 3. The fraction of sp³-hybridized carbons (Fsp3) is 0.450. The molecule has 0 atom stereocenters. The molecule has 27 heavy (non-hydrogen) atoms. The summed E-state index contributed by atoms with van der Waals surface area (Å²) in [5.41, 5.74) is 3.76. The van der Waals surface area contributed by atoms with E-state index in [1.165, 1.54) is 5.56 Å². The highest BCUT2D eigenvalue weighted by atomic mass is 32.1. The van der Waals surface area contributed by atoms with E-state index in [2.05, 4.69) is 58.1 Å². The van der Waals surface area contributed by atoms with E-state index in [1.807, 2.05) is 19.9 Å². The summed E-state index contributed by atoms with van der Waals surface area (Å²) >= 11 is 5.27. The van der Waals surface area contributed by atoms with Gasteiger partial charge in [0.15, 0.2) is 5.11 Å². The molecule has 0 amide bonds. The first-order valence-corrected chi connectivity index (χ1v) is 9.54. The predicted molar refractivity (Wildman–Crippen MR) is 116 cm³/mol. The van der Waals surface area contributed by atoms with Gasteiger partial charge in [0.25, 0.3) is 0 Å². The molecule has 1 heterocycles. The number of hydrogen-bond donors (Lipinski definition) is 3. The van der Waals surface area contributed by atoms with Crippen molar-refractivity contribution in [1.29, 1.82) is 5.26 Å². The zero-order chi connectivity index (χ0) is 19.8. The number of thiocarbonyl (C=S) groups is 1. The molecule has 7 heteroatoms. The zero-order valence-electron chi connectivity index (χ0n) is 16.5. The van der Waals surface area contributed by atoms with Crippen LogP contribution in [0.4, 0.5) is 5.82 Å². The Balaban J connectivity index is 1.88. The van der Waals surface area contributed by atoms with E-state index in [0.29, 0.717) is 29.6 Å². The van der Waals surface area contributed by atoms with Gasteiger partial charge in [0.05, 0.1) is 11.1 Å². The van der Waals surface area contributed by atoms with Crippen LogP contribution in [0, 0.1) is 25.2 Å². The summed E-state index contributed by atoms with van der Waals surface area (Å²) in [4.78, 5) is 6.81. The Morgan fingerprint density at radius 2 is 1.89 bits per heavy atom. The minimum absolute atomic E-state index is 0.553. The van der Waals surface area contributed by atoms with Gasteiger partial charge in [-0.25, -0.2) is 4.98 Å². The van der Waals surface area contributed by atoms with E-state index in [0.717, 1.165) is 36.0 Å². The third-order valence-corrected chi connectivity index (χ3v) is 4.43. The number of nitrogens with one attached hydrogen (secondary N) is 3. The van der Waals surface area contributed by atoms with E-state index in [4.69, 9.17) is 12.2 Å². The highest BCUT2D eigenvalue weighted by Gasteiger charge is 2.08. The quantitative estimate of drug-likeness (QED) is 0.477. The van der Waals surface area contributed by atoms with Crippen LogP contribution >= 0.6 is 12.2 Å². The Morgan fingerprint density at radius 1 is 1.15 bits per heavy atom. The molecule has 0 radical (unpaired) electrons. The van der Waals surface area contributed by atoms with Gasteiger partial charge in [0, 0.05) is 25.0 Å². The van der Waals surface area contributed by atoms with Gasteiger partial charge in [0.1, 0.15) is 11.9 Å². The molecule has 1 aromatic carbocycles. The van der Waals surface area contributed by atoms with Crippen molar-refractivity contribution in [3.8, 4) is 6.07 Å². The second-order valence-corrected chi connectivity index (χ2v) is 7.32. The molecule has 144 valence electrons. The van der Waals surface area contributed by atoms with Crippen LogP contribution in [0.2, 0.25) is 0 Å². The van der Waals surface area contributed by atoms with Gasteiger partial charge in [-0.3, -0.25) is 0 Å². The summed E-state index contributed by atoms with van der Waals surface area (Å²) in [6.45, 7) is 7.24. The smallest absolute Gasteiger partial charge is 0.166 e. The van der Waals surface area contributed by atoms with Crippen LogP contribution < -0.4 is 16.0 Å². The molecule has 6 nitrogen and oxygen atoms in total. The highest BCUT2D eigenvalue weighted by Crippen LogP contribution is 2.23. The van der Waals surface area contributed by atoms with Gasteiger partial charge < -0.3 is 20.9 Å². The largest absolute Gasteiger partial charge is 0.367 e. The molecular weight excluding hydrogens is 356 g/mol. The molecule has 0 saturated carbocycles. The highest BCUT2D eigenvalue weighted by molar-refractivity contribution is 7.80. The lowest BCUT2D eigenvalue weighted by Crippen LogP contribution is -2.38. The van der Waals surface area contributed by atoms with E-state index in [-0.39, 0.29) is 0 Å². The number of aryl methyl sites for hydroxylation is 2. The Morgan fingerprint density at radius 3 is 2.59 bits per heavy atom. The monoisotopic (exact) mass is 384 g/mol. The number of hydrogen-bond acceptors (Lipinski definition) is 5. The minimum Gasteiger partial charge on any atom is -0.367 e. The van der Waals surface area contributed by atoms with Gasteiger partial charge in [-0.1, -0.05) is 11.6 Å². The van der Waals surface area contributed by atoms with Gasteiger partial charge >= 0.3 is 0 Å². The summed E-state index contributed by atoms with van der Waals surface area (Å²) < 4.78 is 0. The van der Waals surface area contributed by atoms with Gasteiger partial charge in [0.2, 0.25) is 0 Å². The van der Waals surface area contributed by atoms with Crippen molar-refractivity contribution in [2.75, 3.05) is 45.6 Å². The van der Waals surface area contributed by atoms with Crippen molar-refractivity contribution in [3.63, 3.8) is 0 Å². The number of fused-ring (bicyclic) bond motifs is 1. The molecule has 2 rings (SSSR count). The van der Waals surface area contributed by atoms with Crippen LogP contribution in [0.1, 0.15) is 23.1 Å². The molecule has 0 aliphatic carbocycles. The van der Waals surface area contributed by atoms with Crippen molar-refractivity contribution in [3.05, 3.63) is 34.9 Å². The Labute approximate surface area is 167 Å². The second kappa shape index (κ2) is 10.0. The first kappa shape index (κ1) is 20.9. The zero-order valence-corrected chi connectivity index (χ0v) is 17.3. The maximum Gasteiger partial charge on any atom is 0.166 e. The number of nitriles is 1. The third-order valence-electron chi connectivity index (χ3n) is 4.14. The minimum atomic E-state index is 0.553. The van der Waals surface area contributed by atoms with Gasteiger partial charge in [-0.15, -0.1) is 0 Å². The average Bonchev–Trinajstić information content (AvgIpc) is 2.61. The normalized spacial score (nSPS) is 10.7. The van der Waals surface area contributed by atoms with E-state index in [1.54, 1.807) is 0 Å². The van der Waals surface area contributed by atoms with Crippen LogP contribution in [0.25, 0.3) is 10.9 Å². The molecule has 0 aliphatic heterocycles. The summed E-state index contributed by atoms with van der Waals surface area (Å²) in [5.74, 6) is 0.614. The maximum atomic E-state index is 9.44. The SMILES string of the molecule is Cc1cc(C)c2nc(NCCNC(=S)NCCCN(C)C)c(C#N)cc2c1. The van der Waals surface area contributed by atoms with Crippen molar-refractivity contribution < 1.29 is 0 Å². The summed E-state index contributed by atoms with van der Waals surface area (Å²) in [5, 5.41) is 20.7. The molecule has 3 N–H and O–H groups in total. The van der Waals surface area contributed by atoms with E-state index >= 15 is 0 Å². The molecule has 0 saturated heterocycles. The standard InChI is InChI=1S/C20H28N6S/c1-14-10-15(2)18-16(11-14)12-17(13-21)19(25-18)22-7-8-24-20(27)23-6-5-9-26(3)4/h10-12H,5-9H2,1-4H3,(H,22,25)(H2,23,24,27). The summed E-state index contributed by atoms with van der Waals surface area (Å²) in [6.07, 6.45) is 1.04. The number of aromatic nitrogens is 1. The van der Waals surface area contributed by atoms with Crippen molar-refractivity contribution in [1.82, 2.24) is 20.5 Å². The van der Waals surface area contributed by atoms with Crippen molar-refractivity contribution >= 4 is 34.1 Å². The number of anilines is 1. The Hall–Kier alpha value is -2.43. The molecule has 1 aromatic heterocycles. The molecule has 2 aromatic rings. The maximum absolute atomic E-state index is 9.44. The lowest BCUT2D eigenvalue weighted by molar-refractivity contribution is 0.400.